The molecule has 29 heavy (non-hydrogen) atoms. The van der Waals surface area contributed by atoms with Gasteiger partial charge in [0, 0.05) is 18.4 Å². The van der Waals surface area contributed by atoms with E-state index in [1.54, 1.807) is 0 Å². The maximum absolute atomic E-state index is 12.9. The van der Waals surface area contributed by atoms with Crippen LogP contribution in [0.15, 0.2) is 41.8 Å². The van der Waals surface area contributed by atoms with Crippen molar-refractivity contribution in [2.45, 2.75) is 38.5 Å². The topological polar surface area (TPSA) is 83.5 Å². The van der Waals surface area contributed by atoms with Crippen LogP contribution in [-0.2, 0) is 14.8 Å². The minimum absolute atomic E-state index is 0.171. The summed E-state index contributed by atoms with van der Waals surface area (Å²) in [6.45, 7) is 0.404. The summed E-state index contributed by atoms with van der Waals surface area (Å²) >= 11 is 0. The van der Waals surface area contributed by atoms with Crippen LogP contribution in [-0.4, -0.2) is 26.0 Å². The Bertz CT molecular complexity index is 863. The highest BCUT2D eigenvalue weighted by atomic mass is 32.2. The molecule has 0 aliphatic heterocycles. The second-order valence-corrected chi connectivity index (χ2v) is 9.69. The molecular weight excluding hydrogens is 393 g/mol. The van der Waals surface area contributed by atoms with Crippen molar-refractivity contribution < 1.29 is 22.7 Å². The van der Waals surface area contributed by atoms with Crippen molar-refractivity contribution >= 4 is 22.1 Å². The number of carbonyl (C=O) groups is 1. The van der Waals surface area contributed by atoms with Gasteiger partial charge in [-0.15, -0.1) is 0 Å². The summed E-state index contributed by atoms with van der Waals surface area (Å²) in [4.78, 5) is 10.6. The van der Waals surface area contributed by atoms with E-state index in [4.69, 9.17) is 5.11 Å². The van der Waals surface area contributed by atoms with Gasteiger partial charge in [0.25, 0.3) is 0 Å². The SMILES string of the molecule is O=C(O)CCCC=CC1C2CCC(C2)C1CNS(=O)(=O)C=Cc1ccc(F)cc1. The van der Waals surface area contributed by atoms with Crippen molar-refractivity contribution in [2.75, 3.05) is 6.54 Å². The van der Waals surface area contributed by atoms with E-state index in [1.165, 1.54) is 36.8 Å². The number of fused-ring (bicyclic) bond motifs is 2. The Morgan fingerprint density at radius 2 is 1.93 bits per heavy atom. The maximum Gasteiger partial charge on any atom is 0.303 e. The van der Waals surface area contributed by atoms with Crippen molar-refractivity contribution in [3.05, 3.63) is 53.2 Å². The molecule has 0 spiro atoms. The largest absolute Gasteiger partial charge is 0.481 e. The number of carboxylic acids is 1. The van der Waals surface area contributed by atoms with E-state index in [-0.39, 0.29) is 18.2 Å². The number of hydrogen-bond donors (Lipinski definition) is 2. The first-order chi connectivity index (χ1) is 13.8. The van der Waals surface area contributed by atoms with Gasteiger partial charge < -0.3 is 5.11 Å². The molecule has 0 heterocycles. The lowest BCUT2D eigenvalue weighted by Crippen LogP contribution is -2.34. The van der Waals surface area contributed by atoms with Crippen LogP contribution >= 0.6 is 0 Å². The Morgan fingerprint density at radius 1 is 1.21 bits per heavy atom. The number of benzene rings is 1. The van der Waals surface area contributed by atoms with E-state index in [9.17, 15) is 17.6 Å². The first-order valence-electron chi connectivity index (χ1n) is 10.2. The van der Waals surface area contributed by atoms with E-state index in [0.29, 0.717) is 36.3 Å². The van der Waals surface area contributed by atoms with Gasteiger partial charge in [-0.3, -0.25) is 4.79 Å². The van der Waals surface area contributed by atoms with Crippen LogP contribution in [0, 0.1) is 29.5 Å². The molecule has 2 N–H and O–H groups in total. The molecule has 0 amide bonds. The van der Waals surface area contributed by atoms with E-state index >= 15 is 0 Å². The van der Waals surface area contributed by atoms with Gasteiger partial charge in [0.05, 0.1) is 0 Å². The maximum atomic E-state index is 12.9. The number of sulfonamides is 1. The van der Waals surface area contributed by atoms with Crippen LogP contribution in [0.25, 0.3) is 6.08 Å². The molecular formula is C22H28FNO4S. The average molecular weight is 422 g/mol. The Morgan fingerprint density at radius 3 is 2.66 bits per heavy atom. The Kier molecular flexibility index (Phi) is 7.24. The Labute approximate surface area is 171 Å². The third-order valence-corrected chi connectivity index (χ3v) is 7.17. The molecule has 2 saturated carbocycles. The fraction of sp³-hybridized carbons (Fsp3) is 0.500. The number of aliphatic carboxylic acids is 1. The molecule has 3 rings (SSSR count). The molecule has 1 aromatic rings. The number of halogens is 1. The molecule has 4 unspecified atom stereocenters. The molecule has 1 aromatic carbocycles. The molecule has 2 aliphatic rings. The predicted octanol–water partition coefficient (Wildman–Crippen LogP) is 4.19. The van der Waals surface area contributed by atoms with Crippen molar-refractivity contribution in [1.29, 1.82) is 0 Å². The average Bonchev–Trinajstić information content (AvgIpc) is 3.27. The molecule has 158 valence electrons. The fourth-order valence-electron chi connectivity index (χ4n) is 4.68. The fourth-order valence-corrected chi connectivity index (χ4v) is 5.54. The molecule has 2 bridgehead atoms. The number of allylic oxidation sites excluding steroid dienone is 2. The zero-order valence-electron chi connectivity index (χ0n) is 16.3. The van der Waals surface area contributed by atoms with Crippen LogP contribution < -0.4 is 4.72 Å². The van der Waals surface area contributed by atoms with Crippen LogP contribution in [0.2, 0.25) is 0 Å². The number of hydrogen-bond acceptors (Lipinski definition) is 3. The lowest BCUT2D eigenvalue weighted by molar-refractivity contribution is -0.137. The molecule has 2 aliphatic carbocycles. The Hall–Kier alpha value is -1.99. The summed E-state index contributed by atoms with van der Waals surface area (Å²) in [7, 11) is -3.57. The summed E-state index contributed by atoms with van der Waals surface area (Å²) in [6.07, 6.45) is 10.7. The van der Waals surface area contributed by atoms with E-state index in [2.05, 4.69) is 16.9 Å². The van der Waals surface area contributed by atoms with Crippen LogP contribution in [0.3, 0.4) is 0 Å². The van der Waals surface area contributed by atoms with Gasteiger partial charge in [-0.1, -0.05) is 24.3 Å². The van der Waals surface area contributed by atoms with E-state index in [0.717, 1.165) is 24.7 Å². The molecule has 0 radical (unpaired) electrons. The third-order valence-electron chi connectivity index (χ3n) is 6.11. The first kappa shape index (κ1) is 21.7. The summed E-state index contributed by atoms with van der Waals surface area (Å²) < 4.78 is 40.4. The van der Waals surface area contributed by atoms with Gasteiger partial charge in [-0.25, -0.2) is 17.5 Å². The van der Waals surface area contributed by atoms with Gasteiger partial charge in [-0.2, -0.15) is 0 Å². The van der Waals surface area contributed by atoms with Gasteiger partial charge in [0.1, 0.15) is 5.82 Å². The van der Waals surface area contributed by atoms with Gasteiger partial charge in [-0.05, 0) is 79.5 Å². The highest BCUT2D eigenvalue weighted by Crippen LogP contribution is 2.52. The standard InChI is InChI=1S/C22H28FNO4S/c23-19-10-6-16(7-11-19)12-13-29(27,28)24-15-21-18-9-8-17(14-18)20(21)4-2-1-3-5-22(25)26/h2,4,6-7,10-13,17-18,20-21,24H,1,3,5,8-9,14-15H2,(H,25,26). The molecule has 7 heteroatoms. The first-order valence-corrected chi connectivity index (χ1v) is 11.7. The van der Waals surface area contributed by atoms with Crippen molar-refractivity contribution in [3.63, 3.8) is 0 Å². The quantitative estimate of drug-likeness (QED) is 0.438. The smallest absolute Gasteiger partial charge is 0.303 e. The summed E-state index contributed by atoms with van der Waals surface area (Å²) in [6, 6.07) is 5.65. The zero-order chi connectivity index (χ0) is 20.9. The normalized spacial score (nSPS) is 26.7. The van der Waals surface area contributed by atoms with Gasteiger partial charge in [0.15, 0.2) is 0 Å². The van der Waals surface area contributed by atoms with Gasteiger partial charge in [0.2, 0.25) is 10.0 Å². The second-order valence-electron chi connectivity index (χ2n) is 8.04. The minimum atomic E-state index is -3.57. The number of nitrogens with one attached hydrogen (secondary N) is 1. The molecule has 5 nitrogen and oxygen atoms in total. The minimum Gasteiger partial charge on any atom is -0.481 e. The lowest BCUT2D eigenvalue weighted by Gasteiger charge is -2.29. The second kappa shape index (κ2) is 9.67. The summed E-state index contributed by atoms with van der Waals surface area (Å²) in [5, 5.41) is 9.84. The highest BCUT2D eigenvalue weighted by Gasteiger charge is 2.46. The summed E-state index contributed by atoms with van der Waals surface area (Å²) in [5.74, 6) is 0.624. The van der Waals surface area contributed by atoms with Gasteiger partial charge >= 0.3 is 5.97 Å². The molecule has 2 fully saturated rings. The molecule has 0 saturated heterocycles. The number of carboxylic acid groups (broad SMARTS) is 1. The van der Waals surface area contributed by atoms with Crippen LogP contribution in [0.5, 0.6) is 0 Å². The predicted molar refractivity (Wildman–Crippen MR) is 111 cm³/mol. The third kappa shape index (κ3) is 6.24. The van der Waals surface area contributed by atoms with E-state index < -0.39 is 16.0 Å². The van der Waals surface area contributed by atoms with Crippen molar-refractivity contribution in [2.24, 2.45) is 23.7 Å². The number of rotatable bonds is 10. The highest BCUT2D eigenvalue weighted by molar-refractivity contribution is 7.92. The van der Waals surface area contributed by atoms with Crippen molar-refractivity contribution in [1.82, 2.24) is 4.72 Å². The Balaban J connectivity index is 1.55. The van der Waals surface area contributed by atoms with E-state index in [1.807, 2.05) is 0 Å². The number of unbranched alkanes of at least 4 members (excludes halogenated alkanes) is 1. The van der Waals surface area contributed by atoms with Crippen molar-refractivity contribution in [3.8, 4) is 0 Å². The lowest BCUT2D eigenvalue weighted by atomic mass is 9.79. The van der Waals surface area contributed by atoms with Crippen LogP contribution in [0.4, 0.5) is 4.39 Å². The summed E-state index contributed by atoms with van der Waals surface area (Å²) in [5.41, 5.74) is 0.624. The van der Waals surface area contributed by atoms with Crippen LogP contribution in [0.1, 0.15) is 44.1 Å². The molecule has 0 aromatic heterocycles. The monoisotopic (exact) mass is 421 g/mol. The zero-order valence-corrected chi connectivity index (χ0v) is 17.2. The molecule has 4 atom stereocenters.